The number of rotatable bonds is 0. The first-order chi connectivity index (χ1) is 2.94. The van der Waals surface area contributed by atoms with E-state index in [0.717, 1.165) is 0 Å². The summed E-state index contributed by atoms with van der Waals surface area (Å²) in [5, 5.41) is 7.85. The Balaban J connectivity index is 0. The fourth-order valence-electron chi connectivity index (χ4n) is 0. The van der Waals surface area contributed by atoms with Crippen LogP contribution in [0.3, 0.4) is 0 Å². The number of hydrogen-bond donors (Lipinski definition) is 1. The van der Waals surface area contributed by atoms with Crippen molar-refractivity contribution in [2.75, 3.05) is 0 Å². The van der Waals surface area contributed by atoms with Gasteiger partial charge in [0.15, 0.2) is 0 Å². The number of aliphatic carboxylic acids is 1. The molecule has 0 aromatic heterocycles. The van der Waals surface area contributed by atoms with Gasteiger partial charge in [-0.05, 0) is 0 Å². The van der Waals surface area contributed by atoms with Crippen LogP contribution in [-0.2, 0) is 4.79 Å². The Morgan fingerprint density at radius 3 is 1.50 bits per heavy atom. The van der Waals surface area contributed by atoms with E-state index in [9.17, 15) is 4.79 Å². The van der Waals surface area contributed by atoms with Crippen LogP contribution in [0.1, 0.15) is 0 Å². The van der Waals surface area contributed by atoms with Gasteiger partial charge in [-0.15, -0.1) is 0 Å². The minimum Gasteiger partial charge on any atom is -0.478 e. The first kappa shape index (κ1) is 12.1. The zero-order chi connectivity index (χ0) is 6.08. The van der Waals surface area contributed by atoms with Crippen LogP contribution in [0, 0.1) is 0 Å². The molecule has 42 valence electrons. The Labute approximate surface area is 83.4 Å². The van der Waals surface area contributed by atoms with Gasteiger partial charge in [0.2, 0.25) is 0 Å². The number of carboxylic acid groups (broad SMARTS) is 1. The maximum atomic E-state index is 9.62. The maximum Gasteiger partial charge on any atom is 1.00 e. The molecule has 2 nitrogen and oxygen atoms in total. The molecule has 0 amide bonds. The van der Waals surface area contributed by atoms with Crippen molar-refractivity contribution >= 4 is 40.8 Å². The molecule has 0 aliphatic rings. The average molecular weight is 186 g/mol. The molecular weight excluding hydrogens is 185 g/mol. The summed E-state index contributed by atoms with van der Waals surface area (Å²) < 4.78 is -2.17. The van der Waals surface area contributed by atoms with E-state index in [2.05, 4.69) is 0 Å². The predicted octanol–water partition coefficient (Wildman–Crippen LogP) is -1.55. The predicted molar refractivity (Wildman–Crippen MR) is 27.9 cm³/mol. The summed E-state index contributed by atoms with van der Waals surface area (Å²) in [6, 6.07) is 0. The molecule has 6 heteroatoms. The van der Waals surface area contributed by atoms with Crippen molar-refractivity contribution in [3.05, 3.63) is 0 Å². The van der Waals surface area contributed by atoms with Gasteiger partial charge >= 0.3 is 35.5 Å². The van der Waals surface area contributed by atoms with Gasteiger partial charge in [-0.25, -0.2) is 4.79 Å². The monoisotopic (exact) mass is 185 g/mol. The molecule has 0 saturated carbocycles. The molecule has 0 aromatic rings. The Morgan fingerprint density at radius 2 is 1.50 bits per heavy atom. The van der Waals surface area contributed by atoms with Crippen LogP contribution in [0.4, 0.5) is 0 Å². The van der Waals surface area contributed by atoms with E-state index in [0.29, 0.717) is 0 Å². The summed E-state index contributed by atoms with van der Waals surface area (Å²) in [5.74, 6) is -1.46. The van der Waals surface area contributed by atoms with Crippen molar-refractivity contribution in [2.45, 2.75) is 3.79 Å². The molecule has 0 aliphatic heterocycles. The fraction of sp³-hybridized carbons (Fsp3) is 0.500. The Bertz CT molecular complexity index is 87.8. The topological polar surface area (TPSA) is 37.3 Å². The second-order valence-electron chi connectivity index (χ2n) is 0.803. The molecule has 1 N–H and O–H groups in total. The van der Waals surface area contributed by atoms with Gasteiger partial charge in [-0.2, -0.15) is 0 Å². The van der Waals surface area contributed by atoms with E-state index in [1.54, 1.807) is 0 Å². The molecule has 0 fully saturated rings. The number of carbonyl (C=O) groups is 1. The molecular formula is C2HCl3NaO2+. The van der Waals surface area contributed by atoms with Crippen molar-refractivity contribution in [1.82, 2.24) is 0 Å². The number of carboxylic acids is 1. The van der Waals surface area contributed by atoms with Crippen LogP contribution >= 0.6 is 34.8 Å². The van der Waals surface area contributed by atoms with Gasteiger partial charge < -0.3 is 5.11 Å². The molecule has 0 radical (unpaired) electrons. The van der Waals surface area contributed by atoms with E-state index in [-0.39, 0.29) is 29.6 Å². The van der Waals surface area contributed by atoms with Crippen LogP contribution < -0.4 is 29.6 Å². The largest absolute Gasteiger partial charge is 1.00 e. The summed E-state index contributed by atoms with van der Waals surface area (Å²) in [6.45, 7) is 0. The van der Waals surface area contributed by atoms with Crippen LogP contribution in [0.25, 0.3) is 0 Å². The molecule has 0 rings (SSSR count). The molecule has 0 aromatic carbocycles. The van der Waals surface area contributed by atoms with Gasteiger partial charge in [0, 0.05) is 0 Å². The molecule has 0 aliphatic carbocycles. The number of halogens is 3. The standard InChI is InChI=1S/C2HCl3O2.Na/c3-2(4,5)1(6)7;/h(H,6,7);/q;+1. The second kappa shape index (κ2) is 4.20. The van der Waals surface area contributed by atoms with Crippen molar-refractivity contribution < 1.29 is 39.5 Å². The van der Waals surface area contributed by atoms with Gasteiger partial charge in [0.1, 0.15) is 0 Å². The number of alkyl halides is 3. The third-order valence-electron chi connectivity index (χ3n) is 0.243. The Morgan fingerprint density at radius 1 is 1.38 bits per heavy atom. The SMILES string of the molecule is O=C(O)C(Cl)(Cl)Cl.[Na+]. The minimum absolute atomic E-state index is 0. The first-order valence-electron chi connectivity index (χ1n) is 1.24. The van der Waals surface area contributed by atoms with Crippen molar-refractivity contribution in [1.29, 1.82) is 0 Å². The van der Waals surface area contributed by atoms with E-state index in [1.807, 2.05) is 0 Å². The quantitative estimate of drug-likeness (QED) is 0.367. The maximum absolute atomic E-state index is 9.62. The second-order valence-corrected chi connectivity index (χ2v) is 3.08. The molecule has 0 unspecified atom stereocenters. The fourth-order valence-corrected chi connectivity index (χ4v) is 0. The summed E-state index contributed by atoms with van der Waals surface area (Å²) in [4.78, 5) is 9.62. The van der Waals surface area contributed by atoms with Crippen LogP contribution in [0.2, 0.25) is 0 Å². The van der Waals surface area contributed by atoms with Gasteiger partial charge in [0.05, 0.1) is 0 Å². The van der Waals surface area contributed by atoms with Crippen molar-refractivity contribution in [3.63, 3.8) is 0 Å². The van der Waals surface area contributed by atoms with Crippen LogP contribution in [0.15, 0.2) is 0 Å². The molecule has 8 heavy (non-hydrogen) atoms. The minimum atomic E-state index is -2.17. The smallest absolute Gasteiger partial charge is 0.478 e. The normalized spacial score (nSPS) is 9.88. The van der Waals surface area contributed by atoms with Crippen molar-refractivity contribution in [2.24, 2.45) is 0 Å². The van der Waals surface area contributed by atoms with E-state index < -0.39 is 9.76 Å². The van der Waals surface area contributed by atoms with E-state index in [4.69, 9.17) is 39.9 Å². The zero-order valence-electron chi connectivity index (χ0n) is 3.99. The first-order valence-corrected chi connectivity index (χ1v) is 2.38. The summed E-state index contributed by atoms with van der Waals surface area (Å²) in [6.07, 6.45) is 0. The van der Waals surface area contributed by atoms with E-state index in [1.165, 1.54) is 0 Å². The molecule has 0 spiro atoms. The molecule has 0 heterocycles. The van der Waals surface area contributed by atoms with Crippen molar-refractivity contribution in [3.8, 4) is 0 Å². The number of hydrogen-bond acceptors (Lipinski definition) is 1. The average Bonchev–Trinajstić information content (AvgIpc) is 1.31. The summed E-state index contributed by atoms with van der Waals surface area (Å²) in [7, 11) is 0. The zero-order valence-corrected chi connectivity index (χ0v) is 8.26. The molecule has 0 atom stereocenters. The van der Waals surface area contributed by atoms with Gasteiger partial charge in [-0.3, -0.25) is 0 Å². The Kier molecular flexibility index (Phi) is 6.33. The molecule has 0 saturated heterocycles. The molecule has 0 bridgehead atoms. The van der Waals surface area contributed by atoms with E-state index >= 15 is 0 Å². The third kappa shape index (κ3) is 5.48. The van der Waals surface area contributed by atoms with Gasteiger partial charge in [-0.1, -0.05) is 34.8 Å². The summed E-state index contributed by atoms with van der Waals surface area (Å²) in [5.41, 5.74) is 0. The Hall–Kier alpha value is 1.34. The van der Waals surface area contributed by atoms with Crippen LogP contribution in [0.5, 0.6) is 0 Å². The van der Waals surface area contributed by atoms with Gasteiger partial charge in [0.25, 0.3) is 3.79 Å². The summed E-state index contributed by atoms with van der Waals surface area (Å²) >= 11 is 14.4. The third-order valence-corrected chi connectivity index (χ3v) is 0.728. The van der Waals surface area contributed by atoms with Crippen LogP contribution in [-0.4, -0.2) is 14.9 Å².